The predicted molar refractivity (Wildman–Crippen MR) is 72.3 cm³/mol. The molecule has 0 aliphatic heterocycles. The molecule has 1 aromatic carbocycles. The molecule has 1 aromatic rings. The summed E-state index contributed by atoms with van der Waals surface area (Å²) in [5, 5.41) is 0. The third kappa shape index (κ3) is 2.56. The summed E-state index contributed by atoms with van der Waals surface area (Å²) in [6.07, 6.45) is 2.71. The number of hydrogen-bond acceptors (Lipinski definition) is 3. The fraction of sp³-hybridized carbons (Fsp3) is 0.533. The zero-order valence-electron chi connectivity index (χ0n) is 11.1. The van der Waals surface area contributed by atoms with Gasteiger partial charge in [0.05, 0.1) is 6.61 Å². The molecule has 0 heterocycles. The molecule has 0 bridgehead atoms. The zero-order chi connectivity index (χ0) is 13.2. The Bertz CT molecular complexity index is 427. The highest BCUT2D eigenvalue weighted by Crippen LogP contribution is 2.39. The van der Waals surface area contributed by atoms with Crippen LogP contribution in [-0.2, 0) is 16.0 Å². The van der Waals surface area contributed by atoms with Gasteiger partial charge in [-0.15, -0.1) is 0 Å². The highest BCUT2D eigenvalue weighted by atomic mass is 16.5. The van der Waals surface area contributed by atoms with E-state index in [1.54, 1.807) is 7.11 Å². The second-order valence-corrected chi connectivity index (χ2v) is 5.54. The standard InChI is InChI=1S/C15H21NO2/c1-15(10-18-2)8-7-12(14(15)17)9-11-3-5-13(16)6-4-11/h3-6,12H,7-10,16H2,1-2H3. The summed E-state index contributed by atoms with van der Waals surface area (Å²) in [5.41, 5.74) is 7.33. The van der Waals surface area contributed by atoms with E-state index in [2.05, 4.69) is 0 Å². The first-order chi connectivity index (χ1) is 8.55. The smallest absolute Gasteiger partial charge is 0.144 e. The highest BCUT2D eigenvalue weighted by molar-refractivity contribution is 5.89. The second kappa shape index (κ2) is 5.11. The lowest BCUT2D eigenvalue weighted by Crippen LogP contribution is -2.30. The molecule has 1 aliphatic carbocycles. The van der Waals surface area contributed by atoms with Crippen molar-refractivity contribution in [3.8, 4) is 0 Å². The van der Waals surface area contributed by atoms with E-state index in [4.69, 9.17) is 10.5 Å². The van der Waals surface area contributed by atoms with Crippen LogP contribution in [0.1, 0.15) is 25.3 Å². The Hall–Kier alpha value is -1.35. The molecule has 2 rings (SSSR count). The van der Waals surface area contributed by atoms with Gasteiger partial charge in [-0.3, -0.25) is 4.79 Å². The number of Topliss-reactive ketones (excluding diaryl/α,β-unsaturated/α-hetero) is 1. The minimum atomic E-state index is -0.284. The van der Waals surface area contributed by atoms with Crippen LogP contribution in [0.4, 0.5) is 5.69 Å². The van der Waals surface area contributed by atoms with Gasteiger partial charge in [-0.05, 0) is 37.0 Å². The highest BCUT2D eigenvalue weighted by Gasteiger charge is 2.43. The summed E-state index contributed by atoms with van der Waals surface area (Å²) < 4.78 is 5.18. The number of hydrogen-bond donors (Lipinski definition) is 1. The van der Waals surface area contributed by atoms with Gasteiger partial charge < -0.3 is 10.5 Å². The summed E-state index contributed by atoms with van der Waals surface area (Å²) in [6.45, 7) is 2.55. The van der Waals surface area contributed by atoms with Gasteiger partial charge in [0.25, 0.3) is 0 Å². The Labute approximate surface area is 108 Å². The average Bonchev–Trinajstić information content (AvgIpc) is 2.61. The fourth-order valence-electron chi connectivity index (χ4n) is 2.83. The summed E-state index contributed by atoms with van der Waals surface area (Å²) >= 11 is 0. The SMILES string of the molecule is COCC1(C)CCC(Cc2ccc(N)cc2)C1=O. The van der Waals surface area contributed by atoms with Crippen LogP contribution in [0.3, 0.4) is 0 Å². The van der Waals surface area contributed by atoms with E-state index in [0.29, 0.717) is 12.4 Å². The van der Waals surface area contributed by atoms with E-state index in [0.717, 1.165) is 24.9 Å². The topological polar surface area (TPSA) is 52.3 Å². The number of ketones is 1. The maximum absolute atomic E-state index is 12.4. The molecular formula is C15H21NO2. The van der Waals surface area contributed by atoms with Crippen LogP contribution in [0.5, 0.6) is 0 Å². The van der Waals surface area contributed by atoms with E-state index in [-0.39, 0.29) is 11.3 Å². The number of anilines is 1. The van der Waals surface area contributed by atoms with Crippen molar-refractivity contribution >= 4 is 11.5 Å². The van der Waals surface area contributed by atoms with E-state index in [9.17, 15) is 4.79 Å². The molecule has 0 saturated heterocycles. The number of rotatable bonds is 4. The van der Waals surface area contributed by atoms with Crippen molar-refractivity contribution in [3.63, 3.8) is 0 Å². The van der Waals surface area contributed by atoms with Crippen molar-refractivity contribution in [1.82, 2.24) is 0 Å². The molecule has 2 N–H and O–H groups in total. The fourth-order valence-corrected chi connectivity index (χ4v) is 2.83. The van der Waals surface area contributed by atoms with Crippen LogP contribution < -0.4 is 5.73 Å². The third-order valence-electron chi connectivity index (χ3n) is 3.93. The molecule has 0 amide bonds. The summed E-state index contributed by atoms with van der Waals surface area (Å²) in [7, 11) is 1.66. The van der Waals surface area contributed by atoms with Crippen LogP contribution >= 0.6 is 0 Å². The molecule has 98 valence electrons. The Morgan fingerprint density at radius 3 is 2.67 bits per heavy atom. The van der Waals surface area contributed by atoms with Crippen LogP contribution in [0, 0.1) is 11.3 Å². The number of ether oxygens (including phenoxy) is 1. The average molecular weight is 247 g/mol. The van der Waals surface area contributed by atoms with Gasteiger partial charge in [0.1, 0.15) is 5.78 Å². The lowest BCUT2D eigenvalue weighted by atomic mass is 9.86. The number of carbonyl (C=O) groups is 1. The minimum absolute atomic E-state index is 0.133. The Balaban J connectivity index is 2.04. The van der Waals surface area contributed by atoms with E-state index < -0.39 is 0 Å². The van der Waals surface area contributed by atoms with Crippen molar-refractivity contribution in [3.05, 3.63) is 29.8 Å². The summed E-state index contributed by atoms with van der Waals surface area (Å²) in [6, 6.07) is 7.80. The van der Waals surface area contributed by atoms with Gasteiger partial charge in [-0.2, -0.15) is 0 Å². The molecule has 0 spiro atoms. The first-order valence-electron chi connectivity index (χ1n) is 6.43. The van der Waals surface area contributed by atoms with Crippen molar-refractivity contribution in [2.24, 2.45) is 11.3 Å². The quantitative estimate of drug-likeness (QED) is 0.831. The normalized spacial score (nSPS) is 27.7. The van der Waals surface area contributed by atoms with Gasteiger partial charge in [0, 0.05) is 24.1 Å². The molecular weight excluding hydrogens is 226 g/mol. The van der Waals surface area contributed by atoms with Crippen LogP contribution in [-0.4, -0.2) is 19.5 Å². The van der Waals surface area contributed by atoms with E-state index in [1.165, 1.54) is 5.56 Å². The molecule has 2 unspecified atom stereocenters. The van der Waals surface area contributed by atoms with Gasteiger partial charge in [0.2, 0.25) is 0 Å². The van der Waals surface area contributed by atoms with Gasteiger partial charge in [-0.25, -0.2) is 0 Å². The minimum Gasteiger partial charge on any atom is -0.399 e. The molecule has 0 aromatic heterocycles. The molecule has 2 atom stereocenters. The maximum Gasteiger partial charge on any atom is 0.144 e. The summed E-state index contributed by atoms with van der Waals surface area (Å²) in [4.78, 5) is 12.4. The van der Waals surface area contributed by atoms with Crippen molar-refractivity contribution in [1.29, 1.82) is 0 Å². The van der Waals surface area contributed by atoms with Gasteiger partial charge in [-0.1, -0.05) is 19.1 Å². The van der Waals surface area contributed by atoms with Crippen molar-refractivity contribution in [2.45, 2.75) is 26.2 Å². The van der Waals surface area contributed by atoms with Crippen molar-refractivity contribution in [2.75, 3.05) is 19.5 Å². The Kier molecular flexibility index (Phi) is 3.71. The molecule has 0 radical (unpaired) electrons. The first kappa shape index (κ1) is 13.1. The number of nitrogen functional groups attached to an aromatic ring is 1. The van der Waals surface area contributed by atoms with Gasteiger partial charge >= 0.3 is 0 Å². The van der Waals surface area contributed by atoms with Gasteiger partial charge in [0.15, 0.2) is 0 Å². The lowest BCUT2D eigenvalue weighted by Gasteiger charge is -2.21. The molecule has 1 fully saturated rings. The largest absolute Gasteiger partial charge is 0.399 e. The molecule has 1 aliphatic rings. The maximum atomic E-state index is 12.4. The van der Waals surface area contributed by atoms with Crippen molar-refractivity contribution < 1.29 is 9.53 Å². The monoisotopic (exact) mass is 247 g/mol. The summed E-state index contributed by atoms with van der Waals surface area (Å²) in [5.74, 6) is 0.481. The molecule has 18 heavy (non-hydrogen) atoms. The number of methoxy groups -OCH3 is 1. The van der Waals surface area contributed by atoms with E-state index in [1.807, 2.05) is 31.2 Å². The zero-order valence-corrected chi connectivity index (χ0v) is 11.1. The Morgan fingerprint density at radius 2 is 2.06 bits per heavy atom. The molecule has 1 saturated carbocycles. The second-order valence-electron chi connectivity index (χ2n) is 5.54. The van der Waals surface area contributed by atoms with Crippen LogP contribution in [0.2, 0.25) is 0 Å². The van der Waals surface area contributed by atoms with Crippen LogP contribution in [0.15, 0.2) is 24.3 Å². The molecule has 3 nitrogen and oxygen atoms in total. The third-order valence-corrected chi connectivity index (χ3v) is 3.93. The number of nitrogens with two attached hydrogens (primary N) is 1. The first-order valence-corrected chi connectivity index (χ1v) is 6.43. The van der Waals surface area contributed by atoms with Crippen LogP contribution in [0.25, 0.3) is 0 Å². The predicted octanol–water partition coefficient (Wildman–Crippen LogP) is 2.44. The lowest BCUT2D eigenvalue weighted by molar-refractivity contribution is -0.130. The molecule has 3 heteroatoms. The van der Waals surface area contributed by atoms with E-state index >= 15 is 0 Å². The Morgan fingerprint density at radius 1 is 1.39 bits per heavy atom. The number of carbonyl (C=O) groups excluding carboxylic acids is 1. The number of benzene rings is 1.